The summed E-state index contributed by atoms with van der Waals surface area (Å²) in [4.78, 5) is 11.9. The molecular weight excluding hydrogens is 198 g/mol. The number of amides is 1. The van der Waals surface area contributed by atoms with Gasteiger partial charge in [0, 0.05) is 11.1 Å². The third-order valence-corrected chi connectivity index (χ3v) is 2.53. The maximum atomic E-state index is 11.9. The number of rotatable bonds is 1. The lowest BCUT2D eigenvalue weighted by Crippen LogP contribution is -2.40. The van der Waals surface area contributed by atoms with E-state index >= 15 is 0 Å². The molecule has 1 aromatic carbocycles. The van der Waals surface area contributed by atoms with Crippen LogP contribution in [0.25, 0.3) is 6.08 Å². The summed E-state index contributed by atoms with van der Waals surface area (Å²) >= 11 is 0. The largest absolute Gasteiger partial charge is 0.347 e. The van der Waals surface area contributed by atoms with E-state index in [9.17, 15) is 4.79 Å². The smallest absolute Gasteiger partial charge is 0.251 e. The van der Waals surface area contributed by atoms with Gasteiger partial charge in [-0.1, -0.05) is 18.2 Å². The average Bonchev–Trinajstić information content (AvgIpc) is 2.61. The number of nitrogens with one attached hydrogen (secondary N) is 1. The Bertz CT molecular complexity index is 452. The monoisotopic (exact) mass is 215 g/mol. The van der Waals surface area contributed by atoms with Crippen LogP contribution in [0.1, 0.15) is 42.3 Å². The van der Waals surface area contributed by atoms with Crippen molar-refractivity contribution >= 4 is 12.0 Å². The summed E-state index contributed by atoms with van der Waals surface area (Å²) in [5.41, 5.74) is 3.03. The molecule has 0 spiro atoms. The summed E-state index contributed by atoms with van der Waals surface area (Å²) in [6.07, 6.45) is 5.16. The van der Waals surface area contributed by atoms with Crippen LogP contribution in [0.4, 0.5) is 0 Å². The van der Waals surface area contributed by atoms with Gasteiger partial charge in [0.2, 0.25) is 0 Å². The van der Waals surface area contributed by atoms with Gasteiger partial charge < -0.3 is 5.32 Å². The number of hydrogen-bond donors (Lipinski definition) is 1. The fraction of sp³-hybridized carbons (Fsp3) is 0.357. The van der Waals surface area contributed by atoms with Gasteiger partial charge in [0.1, 0.15) is 0 Å². The minimum Gasteiger partial charge on any atom is -0.347 e. The van der Waals surface area contributed by atoms with Crippen molar-refractivity contribution in [2.45, 2.75) is 32.7 Å². The van der Waals surface area contributed by atoms with Crippen LogP contribution in [-0.2, 0) is 6.42 Å². The van der Waals surface area contributed by atoms with Crippen molar-refractivity contribution < 1.29 is 4.79 Å². The standard InChI is InChI=1S/C14H17NO/c1-14(2,3)15-13(16)12-8-7-10-5-4-6-11(10)9-12/h4-5,7-9H,6H2,1-3H3,(H,15,16). The van der Waals surface area contributed by atoms with Crippen LogP contribution in [0, 0.1) is 0 Å². The molecule has 2 heteroatoms. The molecule has 0 fully saturated rings. The Hall–Kier alpha value is -1.57. The number of allylic oxidation sites excluding steroid dienone is 1. The van der Waals surface area contributed by atoms with Gasteiger partial charge in [0.05, 0.1) is 0 Å². The summed E-state index contributed by atoms with van der Waals surface area (Å²) in [7, 11) is 0. The van der Waals surface area contributed by atoms with Gasteiger partial charge in [-0.15, -0.1) is 0 Å². The molecule has 2 rings (SSSR count). The molecular formula is C14H17NO. The van der Waals surface area contributed by atoms with Crippen LogP contribution >= 0.6 is 0 Å². The highest BCUT2D eigenvalue weighted by molar-refractivity contribution is 5.95. The minimum atomic E-state index is -0.186. The second-order valence-electron chi connectivity index (χ2n) is 5.22. The summed E-state index contributed by atoms with van der Waals surface area (Å²) in [6.45, 7) is 5.96. The second-order valence-corrected chi connectivity index (χ2v) is 5.22. The molecule has 0 saturated carbocycles. The van der Waals surface area contributed by atoms with Crippen LogP contribution in [-0.4, -0.2) is 11.4 Å². The van der Waals surface area contributed by atoms with Crippen molar-refractivity contribution in [3.05, 3.63) is 41.0 Å². The SMILES string of the molecule is CC(C)(C)NC(=O)c1ccc2c(c1)CC=C2. The van der Waals surface area contributed by atoms with Gasteiger partial charge in [-0.3, -0.25) is 4.79 Å². The van der Waals surface area contributed by atoms with Gasteiger partial charge in [0.25, 0.3) is 5.91 Å². The Morgan fingerprint density at radius 1 is 1.31 bits per heavy atom. The van der Waals surface area contributed by atoms with Crippen LogP contribution in [0.15, 0.2) is 24.3 Å². The van der Waals surface area contributed by atoms with Crippen molar-refractivity contribution in [1.29, 1.82) is 0 Å². The van der Waals surface area contributed by atoms with Gasteiger partial charge in [0.15, 0.2) is 0 Å². The molecule has 0 aromatic heterocycles. The zero-order chi connectivity index (χ0) is 11.8. The lowest BCUT2D eigenvalue weighted by atomic mass is 10.0. The molecule has 0 atom stereocenters. The van der Waals surface area contributed by atoms with E-state index < -0.39 is 0 Å². The molecule has 0 radical (unpaired) electrons. The van der Waals surface area contributed by atoms with Crippen molar-refractivity contribution in [1.82, 2.24) is 5.32 Å². The van der Waals surface area contributed by atoms with Gasteiger partial charge >= 0.3 is 0 Å². The van der Waals surface area contributed by atoms with Crippen molar-refractivity contribution in [3.63, 3.8) is 0 Å². The van der Waals surface area contributed by atoms with E-state index in [2.05, 4.69) is 17.5 Å². The van der Waals surface area contributed by atoms with E-state index in [0.29, 0.717) is 0 Å². The van der Waals surface area contributed by atoms with E-state index in [1.807, 2.05) is 39.0 Å². The molecule has 0 aliphatic heterocycles. The highest BCUT2D eigenvalue weighted by Crippen LogP contribution is 2.20. The van der Waals surface area contributed by atoms with E-state index in [-0.39, 0.29) is 11.4 Å². The van der Waals surface area contributed by atoms with Crippen LogP contribution < -0.4 is 5.32 Å². The number of fused-ring (bicyclic) bond motifs is 1. The predicted molar refractivity (Wildman–Crippen MR) is 66.4 cm³/mol. The summed E-state index contributed by atoms with van der Waals surface area (Å²) < 4.78 is 0. The Balaban J connectivity index is 2.20. The van der Waals surface area contributed by atoms with Crippen molar-refractivity contribution in [2.24, 2.45) is 0 Å². The maximum Gasteiger partial charge on any atom is 0.251 e. The summed E-state index contributed by atoms with van der Waals surface area (Å²) in [5, 5.41) is 2.97. The zero-order valence-corrected chi connectivity index (χ0v) is 10.0. The third kappa shape index (κ3) is 2.32. The third-order valence-electron chi connectivity index (χ3n) is 2.53. The molecule has 1 aliphatic rings. The summed E-state index contributed by atoms with van der Waals surface area (Å²) in [5.74, 6) is 0.00204. The van der Waals surface area contributed by atoms with E-state index in [0.717, 1.165) is 12.0 Å². The Morgan fingerprint density at radius 2 is 2.06 bits per heavy atom. The maximum absolute atomic E-state index is 11.9. The topological polar surface area (TPSA) is 29.1 Å². The van der Waals surface area contributed by atoms with Gasteiger partial charge in [-0.2, -0.15) is 0 Å². The molecule has 1 aromatic rings. The second kappa shape index (κ2) is 3.78. The first kappa shape index (κ1) is 10.9. The average molecular weight is 215 g/mol. The van der Waals surface area contributed by atoms with E-state index in [1.165, 1.54) is 11.1 Å². The fourth-order valence-electron chi connectivity index (χ4n) is 1.81. The molecule has 1 amide bonds. The molecule has 0 heterocycles. The lowest BCUT2D eigenvalue weighted by molar-refractivity contribution is 0.0919. The van der Waals surface area contributed by atoms with Gasteiger partial charge in [-0.25, -0.2) is 0 Å². The number of carbonyl (C=O) groups excluding carboxylic acids is 1. The van der Waals surface area contributed by atoms with Crippen LogP contribution in [0.5, 0.6) is 0 Å². The molecule has 1 aliphatic carbocycles. The van der Waals surface area contributed by atoms with Crippen LogP contribution in [0.2, 0.25) is 0 Å². The molecule has 0 bridgehead atoms. The minimum absolute atomic E-state index is 0.00204. The number of hydrogen-bond acceptors (Lipinski definition) is 1. The van der Waals surface area contributed by atoms with Crippen LogP contribution in [0.3, 0.4) is 0 Å². The fourth-order valence-corrected chi connectivity index (χ4v) is 1.81. The van der Waals surface area contributed by atoms with E-state index in [4.69, 9.17) is 0 Å². The first-order valence-electron chi connectivity index (χ1n) is 5.58. The zero-order valence-electron chi connectivity index (χ0n) is 10.0. The molecule has 2 nitrogen and oxygen atoms in total. The highest BCUT2D eigenvalue weighted by atomic mass is 16.1. The quantitative estimate of drug-likeness (QED) is 0.766. The Labute approximate surface area is 96.4 Å². The Morgan fingerprint density at radius 3 is 2.75 bits per heavy atom. The van der Waals surface area contributed by atoms with Crippen molar-refractivity contribution in [2.75, 3.05) is 0 Å². The lowest BCUT2D eigenvalue weighted by Gasteiger charge is -2.20. The first-order chi connectivity index (χ1) is 7.46. The molecule has 1 N–H and O–H groups in total. The first-order valence-corrected chi connectivity index (χ1v) is 5.58. The Kier molecular flexibility index (Phi) is 2.58. The van der Waals surface area contributed by atoms with Crippen molar-refractivity contribution in [3.8, 4) is 0 Å². The molecule has 0 unspecified atom stereocenters. The number of benzene rings is 1. The molecule has 16 heavy (non-hydrogen) atoms. The van der Waals surface area contributed by atoms with Gasteiger partial charge in [-0.05, 0) is 50.5 Å². The molecule has 0 saturated heterocycles. The normalized spacial score (nSPS) is 13.7. The van der Waals surface area contributed by atoms with E-state index in [1.54, 1.807) is 0 Å². The summed E-state index contributed by atoms with van der Waals surface area (Å²) in [6, 6.07) is 5.88. The number of carbonyl (C=O) groups is 1. The highest BCUT2D eigenvalue weighted by Gasteiger charge is 2.16. The molecule has 84 valence electrons. The predicted octanol–water partition coefficient (Wildman–Crippen LogP) is 2.78.